The second-order valence-electron chi connectivity index (χ2n) is 2.96. The topological polar surface area (TPSA) is 43.1 Å². The quantitative estimate of drug-likeness (QED) is 0.687. The van der Waals surface area contributed by atoms with E-state index in [4.69, 9.17) is 5.73 Å². The van der Waals surface area contributed by atoms with Crippen molar-refractivity contribution in [2.24, 2.45) is 5.73 Å². The molecule has 0 aromatic heterocycles. The number of hydrogen-bond acceptors (Lipinski definition) is 2. The van der Waals surface area contributed by atoms with E-state index in [1.54, 1.807) is 0 Å². The second kappa shape index (κ2) is 5.72. The Hall–Kier alpha value is 0.110. The van der Waals surface area contributed by atoms with Crippen LogP contribution < -0.4 is 5.73 Å². The van der Waals surface area contributed by atoms with E-state index in [9.17, 15) is 4.21 Å². The highest BCUT2D eigenvalue weighted by Gasteiger charge is 2.13. The molecule has 2 N–H and O–H groups in total. The summed E-state index contributed by atoms with van der Waals surface area (Å²) in [5, 5.41) is 0.348. The van der Waals surface area contributed by atoms with Gasteiger partial charge in [-0.3, -0.25) is 4.21 Å². The molecule has 0 saturated carbocycles. The minimum atomic E-state index is -0.713. The van der Waals surface area contributed by atoms with Gasteiger partial charge in [-0.15, -0.1) is 0 Å². The molecule has 0 aliphatic carbocycles. The molecule has 0 aliphatic heterocycles. The minimum absolute atomic E-state index is 0.0661. The highest BCUT2D eigenvalue weighted by Crippen LogP contribution is 2.06. The van der Waals surface area contributed by atoms with Crippen molar-refractivity contribution in [3.8, 4) is 0 Å². The molecule has 2 atom stereocenters. The van der Waals surface area contributed by atoms with Crippen LogP contribution >= 0.6 is 0 Å². The van der Waals surface area contributed by atoms with Crippen LogP contribution in [-0.2, 0) is 10.8 Å². The Morgan fingerprint density at radius 1 is 1.36 bits per heavy atom. The predicted octanol–water partition coefficient (Wildman–Crippen LogP) is 1.27. The summed E-state index contributed by atoms with van der Waals surface area (Å²) in [5.74, 6) is 0.645. The average Bonchev–Trinajstić information content (AvgIpc) is 1.88. The van der Waals surface area contributed by atoms with Crippen molar-refractivity contribution < 1.29 is 4.21 Å². The average molecular weight is 177 g/mol. The summed E-state index contributed by atoms with van der Waals surface area (Å²) in [5.41, 5.74) is 5.55. The van der Waals surface area contributed by atoms with Crippen LogP contribution in [0.4, 0.5) is 0 Å². The van der Waals surface area contributed by atoms with Crippen molar-refractivity contribution in [1.82, 2.24) is 0 Å². The van der Waals surface area contributed by atoms with E-state index in [1.165, 1.54) is 0 Å². The molecule has 0 aliphatic rings. The van der Waals surface area contributed by atoms with Gasteiger partial charge in [-0.1, -0.05) is 13.8 Å². The van der Waals surface area contributed by atoms with Gasteiger partial charge in [0.1, 0.15) is 0 Å². The first-order chi connectivity index (χ1) is 5.11. The standard InChI is InChI=1S/C8H19NOS/c1-4-8(5-2)11(10)6-7(3)9/h7-8H,4-6,9H2,1-3H3. The van der Waals surface area contributed by atoms with Crippen molar-refractivity contribution >= 4 is 10.8 Å². The SMILES string of the molecule is CCC(CC)S(=O)CC(C)N. The van der Waals surface area contributed by atoms with E-state index in [0.717, 1.165) is 12.8 Å². The molecule has 0 radical (unpaired) electrons. The predicted molar refractivity (Wildman–Crippen MR) is 51.0 cm³/mol. The van der Waals surface area contributed by atoms with Crippen LogP contribution in [0.5, 0.6) is 0 Å². The Bertz CT molecular complexity index is 121. The molecule has 0 heterocycles. The van der Waals surface area contributed by atoms with Crippen LogP contribution in [0.1, 0.15) is 33.6 Å². The molecule has 0 aromatic carbocycles. The van der Waals surface area contributed by atoms with Crippen molar-refractivity contribution in [2.45, 2.75) is 44.9 Å². The van der Waals surface area contributed by atoms with Gasteiger partial charge in [0.05, 0.1) is 0 Å². The van der Waals surface area contributed by atoms with Crippen LogP contribution in [0.15, 0.2) is 0 Å². The van der Waals surface area contributed by atoms with Crippen molar-refractivity contribution in [1.29, 1.82) is 0 Å². The van der Waals surface area contributed by atoms with Gasteiger partial charge in [-0.25, -0.2) is 0 Å². The maximum Gasteiger partial charge on any atom is 0.0386 e. The van der Waals surface area contributed by atoms with Gasteiger partial charge < -0.3 is 5.73 Å². The summed E-state index contributed by atoms with van der Waals surface area (Å²) >= 11 is 0. The fourth-order valence-corrected chi connectivity index (χ4v) is 2.59. The zero-order chi connectivity index (χ0) is 8.85. The third-order valence-corrected chi connectivity index (χ3v) is 3.97. The Morgan fingerprint density at radius 3 is 2.09 bits per heavy atom. The highest BCUT2D eigenvalue weighted by atomic mass is 32.2. The van der Waals surface area contributed by atoms with E-state index >= 15 is 0 Å². The molecule has 0 aromatic rings. The van der Waals surface area contributed by atoms with Crippen LogP contribution in [0, 0.1) is 0 Å². The lowest BCUT2D eigenvalue weighted by atomic mass is 10.3. The molecule has 3 heteroatoms. The van der Waals surface area contributed by atoms with Crippen molar-refractivity contribution in [2.75, 3.05) is 5.75 Å². The summed E-state index contributed by atoms with van der Waals surface area (Å²) < 4.78 is 11.4. The maximum atomic E-state index is 11.4. The maximum absolute atomic E-state index is 11.4. The van der Waals surface area contributed by atoms with Gasteiger partial charge in [-0.05, 0) is 19.8 Å². The first kappa shape index (κ1) is 11.1. The zero-order valence-electron chi connectivity index (χ0n) is 7.67. The Labute approximate surface area is 72.0 Å². The lowest BCUT2D eigenvalue weighted by Crippen LogP contribution is -2.28. The Morgan fingerprint density at radius 2 is 1.82 bits per heavy atom. The molecule has 0 amide bonds. The molecule has 0 fully saturated rings. The molecule has 0 spiro atoms. The van der Waals surface area contributed by atoms with Gasteiger partial charge >= 0.3 is 0 Å². The summed E-state index contributed by atoms with van der Waals surface area (Å²) in [6.07, 6.45) is 1.99. The molecule has 0 bridgehead atoms. The first-order valence-electron chi connectivity index (χ1n) is 4.24. The van der Waals surface area contributed by atoms with Crippen LogP contribution in [0.25, 0.3) is 0 Å². The van der Waals surface area contributed by atoms with Gasteiger partial charge in [0.15, 0.2) is 0 Å². The Balaban J connectivity index is 3.79. The number of nitrogens with two attached hydrogens (primary N) is 1. The van der Waals surface area contributed by atoms with E-state index in [-0.39, 0.29) is 6.04 Å². The number of hydrogen-bond donors (Lipinski definition) is 1. The second-order valence-corrected chi connectivity index (χ2v) is 4.72. The molecule has 0 rings (SSSR count). The van der Waals surface area contributed by atoms with Gasteiger partial charge in [0.25, 0.3) is 0 Å². The molecule has 2 unspecified atom stereocenters. The van der Waals surface area contributed by atoms with Gasteiger partial charge in [0, 0.05) is 27.8 Å². The minimum Gasteiger partial charge on any atom is -0.327 e. The monoisotopic (exact) mass is 177 g/mol. The third kappa shape index (κ3) is 4.53. The van der Waals surface area contributed by atoms with Gasteiger partial charge in [-0.2, -0.15) is 0 Å². The molecular weight excluding hydrogens is 158 g/mol. The molecular formula is C8H19NOS. The number of rotatable bonds is 5. The van der Waals surface area contributed by atoms with Gasteiger partial charge in [0.2, 0.25) is 0 Å². The molecule has 0 saturated heterocycles. The summed E-state index contributed by atoms with van der Waals surface area (Å²) in [6.45, 7) is 6.06. The van der Waals surface area contributed by atoms with Crippen LogP contribution in [-0.4, -0.2) is 21.3 Å². The van der Waals surface area contributed by atoms with Crippen LogP contribution in [0.2, 0.25) is 0 Å². The first-order valence-corrected chi connectivity index (χ1v) is 5.62. The fourth-order valence-electron chi connectivity index (χ4n) is 1.06. The Kier molecular flexibility index (Phi) is 5.78. The molecule has 68 valence electrons. The summed E-state index contributed by atoms with van der Waals surface area (Å²) in [6, 6.07) is 0.0661. The zero-order valence-corrected chi connectivity index (χ0v) is 8.49. The summed E-state index contributed by atoms with van der Waals surface area (Å²) in [4.78, 5) is 0. The third-order valence-electron chi connectivity index (χ3n) is 1.71. The molecule has 11 heavy (non-hydrogen) atoms. The lowest BCUT2D eigenvalue weighted by Gasteiger charge is -2.13. The normalized spacial score (nSPS) is 16.8. The lowest BCUT2D eigenvalue weighted by molar-refractivity contribution is 0.651. The van der Waals surface area contributed by atoms with E-state index in [2.05, 4.69) is 13.8 Å². The van der Waals surface area contributed by atoms with Crippen molar-refractivity contribution in [3.05, 3.63) is 0 Å². The van der Waals surface area contributed by atoms with Crippen molar-refractivity contribution in [3.63, 3.8) is 0 Å². The largest absolute Gasteiger partial charge is 0.327 e. The highest BCUT2D eigenvalue weighted by molar-refractivity contribution is 7.85. The molecule has 2 nitrogen and oxygen atoms in total. The smallest absolute Gasteiger partial charge is 0.0386 e. The van der Waals surface area contributed by atoms with E-state index < -0.39 is 10.8 Å². The summed E-state index contributed by atoms with van der Waals surface area (Å²) in [7, 11) is -0.713. The van der Waals surface area contributed by atoms with E-state index in [0.29, 0.717) is 11.0 Å². The van der Waals surface area contributed by atoms with E-state index in [1.807, 2.05) is 6.92 Å². The van der Waals surface area contributed by atoms with Crippen LogP contribution in [0.3, 0.4) is 0 Å². The fraction of sp³-hybridized carbons (Fsp3) is 1.00.